The molecule has 0 aromatic heterocycles. The van der Waals surface area contributed by atoms with Crippen LogP contribution in [-0.4, -0.2) is 41.3 Å². The molecule has 0 unspecified atom stereocenters. The highest BCUT2D eigenvalue weighted by molar-refractivity contribution is 5.92. The third-order valence-corrected chi connectivity index (χ3v) is 4.51. The van der Waals surface area contributed by atoms with E-state index in [1.54, 1.807) is 31.1 Å². The van der Waals surface area contributed by atoms with Gasteiger partial charge in [0.05, 0.1) is 32.6 Å². The van der Waals surface area contributed by atoms with E-state index in [-0.39, 0.29) is 18.5 Å². The van der Waals surface area contributed by atoms with E-state index in [0.717, 1.165) is 6.07 Å². The van der Waals surface area contributed by atoms with E-state index in [1.807, 2.05) is 0 Å². The molecule has 0 fully saturated rings. The Labute approximate surface area is 173 Å². The summed E-state index contributed by atoms with van der Waals surface area (Å²) in [5.74, 6) is 0.723. The number of carbonyl (C=O) groups is 1. The number of hydrogen-bond donors (Lipinski definition) is 1. The second-order valence-electron chi connectivity index (χ2n) is 6.66. The van der Waals surface area contributed by atoms with Crippen LogP contribution >= 0.6 is 0 Å². The topological polar surface area (TPSA) is 60.0 Å². The summed E-state index contributed by atoms with van der Waals surface area (Å²) in [6, 6.07) is 7.18. The number of anilines is 2. The zero-order valence-corrected chi connectivity index (χ0v) is 17.5. The van der Waals surface area contributed by atoms with Gasteiger partial charge < -0.3 is 24.4 Å². The number of benzene rings is 2. The molecule has 2 aromatic rings. The van der Waals surface area contributed by atoms with E-state index < -0.39 is 17.6 Å². The highest BCUT2D eigenvalue weighted by Gasteiger charge is 2.34. The summed E-state index contributed by atoms with van der Waals surface area (Å²) >= 11 is 0. The minimum atomic E-state index is -4.60. The van der Waals surface area contributed by atoms with Gasteiger partial charge in [-0.3, -0.25) is 4.79 Å². The fourth-order valence-electron chi connectivity index (χ4n) is 2.97. The molecule has 0 bridgehead atoms. The molecule has 164 valence electrons. The van der Waals surface area contributed by atoms with Crippen molar-refractivity contribution in [1.29, 1.82) is 0 Å². The average Bonchev–Trinajstić information content (AvgIpc) is 2.70. The van der Waals surface area contributed by atoms with Crippen LogP contribution in [0.5, 0.6) is 17.2 Å². The first kappa shape index (κ1) is 23.2. The molecule has 0 atom stereocenters. The molecule has 0 aliphatic rings. The first-order chi connectivity index (χ1) is 14.1. The number of nitrogens with zero attached hydrogens (tertiary/aromatic N) is 1. The summed E-state index contributed by atoms with van der Waals surface area (Å²) in [4.78, 5) is 13.9. The number of alkyl halides is 3. The predicted octanol–water partition coefficient (Wildman–Crippen LogP) is 4.37. The van der Waals surface area contributed by atoms with Crippen molar-refractivity contribution >= 4 is 17.3 Å². The number of amides is 1. The van der Waals surface area contributed by atoms with Crippen LogP contribution in [0.25, 0.3) is 0 Å². The minimum absolute atomic E-state index is 0.0431. The number of methoxy groups -OCH3 is 3. The zero-order valence-electron chi connectivity index (χ0n) is 17.5. The lowest BCUT2D eigenvalue weighted by Crippen LogP contribution is -2.18. The molecule has 0 aliphatic heterocycles. The highest BCUT2D eigenvalue weighted by Crippen LogP contribution is 2.40. The first-order valence-electron chi connectivity index (χ1n) is 9.08. The number of halogens is 3. The lowest BCUT2D eigenvalue weighted by molar-refractivity contribution is -0.136. The van der Waals surface area contributed by atoms with Crippen molar-refractivity contribution in [1.82, 2.24) is 0 Å². The Balaban J connectivity index is 2.19. The lowest BCUT2D eigenvalue weighted by atomic mass is 10.1. The van der Waals surface area contributed by atoms with Crippen LogP contribution in [0.15, 0.2) is 30.3 Å². The van der Waals surface area contributed by atoms with Gasteiger partial charge in [0.25, 0.3) is 0 Å². The predicted molar refractivity (Wildman–Crippen MR) is 109 cm³/mol. The van der Waals surface area contributed by atoms with Crippen LogP contribution in [0.1, 0.15) is 17.5 Å². The van der Waals surface area contributed by atoms with Gasteiger partial charge in [0, 0.05) is 26.2 Å². The molecule has 2 aromatic carbocycles. The standard InChI is InChI=1S/C21H25F3N2O4/c1-26(2)14-8-9-16(15(12-14)21(22,23)24)25-18(27)11-7-13-6-10-17(28-3)20(30-5)19(13)29-4/h6,8-10,12H,7,11H2,1-5H3,(H,25,27). The average molecular weight is 426 g/mol. The van der Waals surface area contributed by atoms with Crippen LogP contribution in [0.4, 0.5) is 24.5 Å². The SMILES string of the molecule is COc1ccc(CCC(=O)Nc2ccc(N(C)C)cc2C(F)(F)F)c(OC)c1OC. The number of hydrogen-bond acceptors (Lipinski definition) is 5. The highest BCUT2D eigenvalue weighted by atomic mass is 19.4. The van der Waals surface area contributed by atoms with Crippen LogP contribution in [0.3, 0.4) is 0 Å². The smallest absolute Gasteiger partial charge is 0.418 e. The molecular formula is C21H25F3N2O4. The van der Waals surface area contributed by atoms with Crippen molar-refractivity contribution < 1.29 is 32.2 Å². The molecule has 9 heteroatoms. The molecule has 30 heavy (non-hydrogen) atoms. The molecule has 6 nitrogen and oxygen atoms in total. The largest absolute Gasteiger partial charge is 0.493 e. The Hall–Kier alpha value is -3.10. The van der Waals surface area contributed by atoms with Crippen molar-refractivity contribution in [3.8, 4) is 17.2 Å². The quantitative estimate of drug-likeness (QED) is 0.679. The monoisotopic (exact) mass is 426 g/mol. The molecule has 1 N–H and O–H groups in total. The molecule has 0 heterocycles. The van der Waals surface area contributed by atoms with E-state index in [0.29, 0.717) is 28.5 Å². The summed E-state index contributed by atoms with van der Waals surface area (Å²) < 4.78 is 56.2. The lowest BCUT2D eigenvalue weighted by Gasteiger charge is -2.19. The molecule has 1 amide bonds. The summed E-state index contributed by atoms with van der Waals surface area (Å²) in [5.41, 5.74) is -0.122. The van der Waals surface area contributed by atoms with Gasteiger partial charge in [-0.15, -0.1) is 0 Å². The van der Waals surface area contributed by atoms with Gasteiger partial charge >= 0.3 is 6.18 Å². The maximum absolute atomic E-state index is 13.4. The normalized spacial score (nSPS) is 11.1. The van der Waals surface area contributed by atoms with Crippen molar-refractivity contribution in [2.24, 2.45) is 0 Å². The zero-order chi connectivity index (χ0) is 22.5. The Morgan fingerprint density at radius 1 is 1.00 bits per heavy atom. The van der Waals surface area contributed by atoms with E-state index >= 15 is 0 Å². The maximum Gasteiger partial charge on any atom is 0.418 e. The van der Waals surface area contributed by atoms with Crippen molar-refractivity contribution in [2.45, 2.75) is 19.0 Å². The van der Waals surface area contributed by atoms with Gasteiger partial charge in [0.1, 0.15) is 0 Å². The first-order valence-corrected chi connectivity index (χ1v) is 9.08. The van der Waals surface area contributed by atoms with Crippen molar-refractivity contribution in [3.63, 3.8) is 0 Å². The fraction of sp³-hybridized carbons (Fsp3) is 0.381. The molecule has 0 saturated heterocycles. The van der Waals surface area contributed by atoms with Gasteiger partial charge in [0.2, 0.25) is 11.7 Å². The van der Waals surface area contributed by atoms with Crippen LogP contribution in [0.2, 0.25) is 0 Å². The third kappa shape index (κ3) is 5.28. The third-order valence-electron chi connectivity index (χ3n) is 4.51. The molecule has 0 radical (unpaired) electrons. The second-order valence-corrected chi connectivity index (χ2v) is 6.66. The molecule has 0 aliphatic carbocycles. The van der Waals surface area contributed by atoms with Crippen LogP contribution < -0.4 is 24.4 Å². The Morgan fingerprint density at radius 3 is 2.20 bits per heavy atom. The molecule has 2 rings (SSSR count). The van der Waals surface area contributed by atoms with Gasteiger partial charge in [-0.1, -0.05) is 6.07 Å². The Kier molecular flexibility index (Phi) is 7.42. The maximum atomic E-state index is 13.4. The summed E-state index contributed by atoms with van der Waals surface area (Å²) in [5, 5.41) is 2.37. The molecule has 0 spiro atoms. The van der Waals surface area contributed by atoms with Crippen molar-refractivity contribution in [2.75, 3.05) is 45.6 Å². The molecule has 0 saturated carbocycles. The van der Waals surface area contributed by atoms with Crippen LogP contribution in [0, 0.1) is 0 Å². The van der Waals surface area contributed by atoms with Crippen LogP contribution in [-0.2, 0) is 17.4 Å². The van der Waals surface area contributed by atoms with E-state index in [1.165, 1.54) is 33.5 Å². The summed E-state index contributed by atoms with van der Waals surface area (Å²) in [7, 11) is 7.70. The van der Waals surface area contributed by atoms with E-state index in [9.17, 15) is 18.0 Å². The van der Waals surface area contributed by atoms with E-state index in [4.69, 9.17) is 14.2 Å². The fourth-order valence-corrected chi connectivity index (χ4v) is 2.97. The van der Waals surface area contributed by atoms with E-state index in [2.05, 4.69) is 5.32 Å². The second kappa shape index (κ2) is 9.60. The summed E-state index contributed by atoms with van der Waals surface area (Å²) in [6.45, 7) is 0. The van der Waals surface area contributed by atoms with Crippen molar-refractivity contribution in [3.05, 3.63) is 41.5 Å². The van der Waals surface area contributed by atoms with Gasteiger partial charge in [-0.05, 0) is 36.2 Å². The van der Waals surface area contributed by atoms with Gasteiger partial charge in [0.15, 0.2) is 11.5 Å². The number of nitrogens with one attached hydrogen (secondary N) is 1. The number of carbonyl (C=O) groups excluding carboxylic acids is 1. The number of rotatable bonds is 8. The van der Waals surface area contributed by atoms with Gasteiger partial charge in [-0.2, -0.15) is 13.2 Å². The Morgan fingerprint density at radius 2 is 1.67 bits per heavy atom. The summed E-state index contributed by atoms with van der Waals surface area (Å²) in [6.07, 6.45) is -4.40. The molecular weight excluding hydrogens is 401 g/mol. The van der Waals surface area contributed by atoms with Gasteiger partial charge in [-0.25, -0.2) is 0 Å². The Bertz CT molecular complexity index is 899. The number of aryl methyl sites for hydroxylation is 1. The minimum Gasteiger partial charge on any atom is -0.493 e. The number of ether oxygens (including phenoxy) is 3.